The number of carbonyl (C=O) groups is 1. The molecule has 0 spiro atoms. The van der Waals surface area contributed by atoms with E-state index in [-0.39, 0.29) is 11.9 Å². The number of allylic oxidation sites excluding steroid dienone is 2. The van der Waals surface area contributed by atoms with Crippen molar-refractivity contribution in [2.24, 2.45) is 0 Å². The van der Waals surface area contributed by atoms with Gasteiger partial charge in [0.05, 0.1) is 5.92 Å². The lowest BCUT2D eigenvalue weighted by Gasteiger charge is -2.17. The Morgan fingerprint density at radius 1 is 1.19 bits per heavy atom. The number of hydrogen-bond acceptors (Lipinski definition) is 3. The van der Waals surface area contributed by atoms with Crippen molar-refractivity contribution in [2.75, 3.05) is 6.61 Å². The Kier molecular flexibility index (Phi) is 7.17. The molecule has 1 rings (SSSR count). The van der Waals surface area contributed by atoms with Crippen LogP contribution in [0.1, 0.15) is 51.7 Å². The number of ether oxygens (including phenoxy) is 2. The fourth-order valence-corrected chi connectivity index (χ4v) is 1.93. The van der Waals surface area contributed by atoms with Crippen LogP contribution < -0.4 is 0 Å². The molecule has 3 nitrogen and oxygen atoms in total. The Morgan fingerprint density at radius 3 is 2.33 bits per heavy atom. The van der Waals surface area contributed by atoms with Gasteiger partial charge < -0.3 is 9.47 Å². The predicted octanol–water partition coefficient (Wildman–Crippen LogP) is 4.22. The van der Waals surface area contributed by atoms with E-state index in [1.54, 1.807) is 6.92 Å². The molecule has 2 unspecified atom stereocenters. The highest BCUT2D eigenvalue weighted by molar-refractivity contribution is 5.77. The minimum atomic E-state index is -0.498. The molecule has 2 atom stereocenters. The Hall–Kier alpha value is -1.61. The largest absolute Gasteiger partial charge is 0.436 e. The molecule has 3 heteroatoms. The van der Waals surface area contributed by atoms with Crippen molar-refractivity contribution in [2.45, 2.75) is 53.2 Å². The van der Waals surface area contributed by atoms with Gasteiger partial charge in [-0.3, -0.25) is 4.79 Å². The van der Waals surface area contributed by atoms with Gasteiger partial charge in [0.25, 0.3) is 0 Å². The van der Waals surface area contributed by atoms with E-state index in [2.05, 4.69) is 32.1 Å². The lowest BCUT2D eigenvalue weighted by molar-refractivity contribution is -0.175. The third-order valence-electron chi connectivity index (χ3n) is 3.26. The predicted molar refractivity (Wildman–Crippen MR) is 85.2 cm³/mol. The van der Waals surface area contributed by atoms with E-state index in [9.17, 15) is 4.79 Å². The van der Waals surface area contributed by atoms with Crippen LogP contribution in [0, 0.1) is 0 Å². The van der Waals surface area contributed by atoms with E-state index in [1.165, 1.54) is 11.1 Å². The lowest BCUT2D eigenvalue weighted by atomic mass is 9.99. The summed E-state index contributed by atoms with van der Waals surface area (Å²) in [6.07, 6.45) is 2.61. The maximum absolute atomic E-state index is 12.0. The van der Waals surface area contributed by atoms with Crippen molar-refractivity contribution in [1.29, 1.82) is 0 Å². The zero-order valence-electron chi connectivity index (χ0n) is 13.7. The van der Waals surface area contributed by atoms with E-state index in [0.29, 0.717) is 6.61 Å². The monoisotopic (exact) mass is 290 g/mol. The van der Waals surface area contributed by atoms with Crippen LogP contribution in [-0.4, -0.2) is 18.9 Å². The maximum Gasteiger partial charge on any atom is 0.315 e. The summed E-state index contributed by atoms with van der Waals surface area (Å²) >= 11 is 0. The molecule has 0 heterocycles. The normalized spacial score (nSPS) is 13.4. The van der Waals surface area contributed by atoms with Gasteiger partial charge in [-0.25, -0.2) is 0 Å². The van der Waals surface area contributed by atoms with Crippen molar-refractivity contribution in [3.05, 3.63) is 47.0 Å². The third-order valence-corrected chi connectivity index (χ3v) is 3.26. The maximum atomic E-state index is 12.0. The van der Waals surface area contributed by atoms with Gasteiger partial charge >= 0.3 is 5.97 Å². The first-order valence-corrected chi connectivity index (χ1v) is 7.48. The van der Waals surface area contributed by atoms with Crippen molar-refractivity contribution >= 4 is 5.97 Å². The topological polar surface area (TPSA) is 35.5 Å². The quantitative estimate of drug-likeness (QED) is 0.428. The standard InChI is InChI=1S/C18H26O3/c1-6-20-15(5)21-18(19)14(4)17-11-9-16(10-12-17)8-7-13(2)3/h7,9-12,14-15H,6,8H2,1-5H3. The molecule has 1 aromatic carbocycles. The highest BCUT2D eigenvalue weighted by atomic mass is 16.7. The molecule has 0 aliphatic rings. The average Bonchev–Trinajstić information content (AvgIpc) is 2.45. The van der Waals surface area contributed by atoms with Gasteiger partial charge in [0.2, 0.25) is 0 Å². The molecule has 0 amide bonds. The second-order valence-corrected chi connectivity index (χ2v) is 5.41. The Bertz CT molecular complexity index is 470. The summed E-state index contributed by atoms with van der Waals surface area (Å²) in [6, 6.07) is 8.10. The summed E-state index contributed by atoms with van der Waals surface area (Å²) in [6.45, 7) is 10.2. The highest BCUT2D eigenvalue weighted by Gasteiger charge is 2.19. The molecule has 0 aliphatic heterocycles. The van der Waals surface area contributed by atoms with Gasteiger partial charge in [0, 0.05) is 6.61 Å². The van der Waals surface area contributed by atoms with Gasteiger partial charge in [0.1, 0.15) is 0 Å². The van der Waals surface area contributed by atoms with Crippen LogP contribution in [-0.2, 0) is 20.7 Å². The molecule has 116 valence electrons. The van der Waals surface area contributed by atoms with Crippen molar-refractivity contribution in [3.63, 3.8) is 0 Å². The molecular weight excluding hydrogens is 264 g/mol. The molecule has 0 aromatic heterocycles. The van der Waals surface area contributed by atoms with Crippen LogP contribution in [0.25, 0.3) is 0 Å². The number of benzene rings is 1. The van der Waals surface area contributed by atoms with Crippen molar-refractivity contribution in [1.82, 2.24) is 0 Å². The van der Waals surface area contributed by atoms with E-state index < -0.39 is 6.29 Å². The molecule has 0 aliphatic carbocycles. The second-order valence-electron chi connectivity index (χ2n) is 5.41. The molecule has 0 N–H and O–H groups in total. The Balaban J connectivity index is 2.64. The smallest absolute Gasteiger partial charge is 0.315 e. The molecule has 0 bridgehead atoms. The minimum Gasteiger partial charge on any atom is -0.436 e. The van der Waals surface area contributed by atoms with Gasteiger partial charge in [-0.15, -0.1) is 0 Å². The minimum absolute atomic E-state index is 0.256. The van der Waals surface area contributed by atoms with Gasteiger partial charge in [-0.05, 0) is 52.2 Å². The summed E-state index contributed by atoms with van der Waals surface area (Å²) in [5, 5.41) is 0. The average molecular weight is 290 g/mol. The van der Waals surface area contributed by atoms with Crippen LogP contribution in [0.4, 0.5) is 0 Å². The van der Waals surface area contributed by atoms with Crippen LogP contribution in [0.2, 0.25) is 0 Å². The summed E-state index contributed by atoms with van der Waals surface area (Å²) in [5.74, 6) is -0.543. The van der Waals surface area contributed by atoms with Gasteiger partial charge in [-0.2, -0.15) is 0 Å². The highest BCUT2D eigenvalue weighted by Crippen LogP contribution is 2.19. The molecule has 0 saturated carbocycles. The first-order valence-electron chi connectivity index (χ1n) is 7.48. The molecule has 21 heavy (non-hydrogen) atoms. The number of carbonyl (C=O) groups excluding carboxylic acids is 1. The van der Waals surface area contributed by atoms with Crippen LogP contribution in [0.3, 0.4) is 0 Å². The van der Waals surface area contributed by atoms with E-state index in [1.807, 2.05) is 26.0 Å². The fourth-order valence-electron chi connectivity index (χ4n) is 1.93. The summed E-state index contributed by atoms with van der Waals surface area (Å²) < 4.78 is 10.5. The summed E-state index contributed by atoms with van der Waals surface area (Å²) in [7, 11) is 0. The van der Waals surface area contributed by atoms with Crippen molar-refractivity contribution in [3.8, 4) is 0 Å². The summed E-state index contributed by atoms with van der Waals surface area (Å²) in [5.41, 5.74) is 3.51. The Morgan fingerprint density at radius 2 is 1.81 bits per heavy atom. The number of hydrogen-bond donors (Lipinski definition) is 0. The van der Waals surface area contributed by atoms with Gasteiger partial charge in [-0.1, -0.05) is 35.9 Å². The first-order chi connectivity index (χ1) is 9.93. The second kappa shape index (κ2) is 8.63. The molecule has 0 saturated heterocycles. The molecule has 1 aromatic rings. The van der Waals surface area contributed by atoms with Crippen LogP contribution in [0.5, 0.6) is 0 Å². The van der Waals surface area contributed by atoms with Crippen LogP contribution >= 0.6 is 0 Å². The van der Waals surface area contributed by atoms with E-state index in [0.717, 1.165) is 12.0 Å². The lowest BCUT2D eigenvalue weighted by Crippen LogP contribution is -2.21. The molecule has 0 fully saturated rings. The number of rotatable bonds is 7. The zero-order chi connectivity index (χ0) is 15.8. The molecule has 0 radical (unpaired) electrons. The zero-order valence-corrected chi connectivity index (χ0v) is 13.7. The van der Waals surface area contributed by atoms with E-state index in [4.69, 9.17) is 9.47 Å². The third kappa shape index (κ3) is 6.13. The molecular formula is C18H26O3. The van der Waals surface area contributed by atoms with Gasteiger partial charge in [0.15, 0.2) is 6.29 Å². The van der Waals surface area contributed by atoms with E-state index >= 15 is 0 Å². The Labute approximate surface area is 128 Å². The SMILES string of the molecule is CCOC(C)OC(=O)C(C)c1ccc(CC=C(C)C)cc1. The van der Waals surface area contributed by atoms with Crippen molar-refractivity contribution < 1.29 is 14.3 Å². The summed E-state index contributed by atoms with van der Waals surface area (Å²) in [4.78, 5) is 12.0. The first kappa shape index (κ1) is 17.4. The fraction of sp³-hybridized carbons (Fsp3) is 0.500. The number of esters is 1. The van der Waals surface area contributed by atoms with Crippen LogP contribution in [0.15, 0.2) is 35.9 Å².